The normalized spacial score (nSPS) is 35.5. The minimum atomic E-state index is -0.961. The SMILES string of the molecule is CC(C)N1CC=C[C@]23S[C@]4(C)/C=C\CCCCOC(=O)[C@@H]4[C@H]2C(=O)N([C@H](CO)c2ccccc2)C3C1=O. The highest BCUT2D eigenvalue weighted by atomic mass is 32.2. The largest absolute Gasteiger partial charge is 0.465 e. The molecule has 198 valence electrons. The zero-order chi connectivity index (χ0) is 26.4. The molecule has 0 saturated carbocycles. The third-order valence-electron chi connectivity index (χ3n) is 8.29. The van der Waals surface area contributed by atoms with Gasteiger partial charge in [-0.25, -0.2) is 0 Å². The van der Waals surface area contributed by atoms with Crippen molar-refractivity contribution in [1.82, 2.24) is 9.80 Å². The summed E-state index contributed by atoms with van der Waals surface area (Å²) in [5.41, 5.74) is 0.756. The van der Waals surface area contributed by atoms with Crippen LogP contribution in [-0.2, 0) is 19.1 Å². The number of hydrogen-bond acceptors (Lipinski definition) is 6. The Bertz CT molecular complexity index is 1120. The van der Waals surface area contributed by atoms with Gasteiger partial charge >= 0.3 is 5.97 Å². The standard InChI is InChI=1S/C29H36N2O5S/c1-19(2)30-16-11-15-29-22(23-27(35)36-17-10-5-4-9-14-28(23,3)37-29)25(33)31(24(29)26(30)34)21(18-32)20-12-7-6-8-13-20/h6-9,11-15,19,21-24,32H,4-5,10,16-18H2,1-3H3/b14-9-/t21-,22+,23+,24?,28-,29+/m1/s1. The van der Waals surface area contributed by atoms with E-state index < -0.39 is 33.4 Å². The molecular weight excluding hydrogens is 488 g/mol. The first kappa shape index (κ1) is 26.0. The number of carbonyl (C=O) groups excluding carboxylic acids is 3. The molecule has 8 heteroatoms. The van der Waals surface area contributed by atoms with E-state index in [1.807, 2.05) is 63.3 Å². The quantitative estimate of drug-likeness (QED) is 0.479. The van der Waals surface area contributed by atoms with Crippen molar-refractivity contribution in [3.63, 3.8) is 0 Å². The van der Waals surface area contributed by atoms with E-state index in [1.54, 1.807) is 9.80 Å². The van der Waals surface area contributed by atoms with E-state index in [0.717, 1.165) is 24.8 Å². The number of carbonyl (C=O) groups is 3. The topological polar surface area (TPSA) is 87.2 Å². The molecule has 37 heavy (non-hydrogen) atoms. The Balaban J connectivity index is 1.70. The minimum Gasteiger partial charge on any atom is -0.465 e. The van der Waals surface area contributed by atoms with Crippen molar-refractivity contribution in [2.24, 2.45) is 11.8 Å². The van der Waals surface area contributed by atoms with Crippen LogP contribution in [0.1, 0.15) is 51.6 Å². The van der Waals surface area contributed by atoms with Crippen LogP contribution in [0.3, 0.4) is 0 Å². The van der Waals surface area contributed by atoms with Crippen LogP contribution in [-0.4, -0.2) is 74.0 Å². The van der Waals surface area contributed by atoms with Gasteiger partial charge in [0.25, 0.3) is 0 Å². The Kier molecular flexibility index (Phi) is 7.00. The molecule has 1 aromatic rings. The van der Waals surface area contributed by atoms with E-state index in [2.05, 4.69) is 12.2 Å². The third kappa shape index (κ3) is 4.13. The molecule has 0 radical (unpaired) electrons. The molecule has 2 saturated heterocycles. The lowest BCUT2D eigenvalue weighted by Crippen LogP contribution is -2.55. The average molecular weight is 525 g/mol. The number of nitrogens with zero attached hydrogens (tertiary/aromatic N) is 2. The first-order chi connectivity index (χ1) is 17.7. The van der Waals surface area contributed by atoms with Crippen LogP contribution < -0.4 is 0 Å². The Hall–Kier alpha value is -2.58. The van der Waals surface area contributed by atoms with Gasteiger partial charge in [-0.05, 0) is 45.6 Å². The molecule has 0 bridgehead atoms. The van der Waals surface area contributed by atoms with Crippen molar-refractivity contribution in [1.29, 1.82) is 0 Å². The molecule has 1 aromatic carbocycles. The second-order valence-electron chi connectivity index (χ2n) is 10.9. The molecule has 4 aliphatic heterocycles. The zero-order valence-electron chi connectivity index (χ0n) is 21.7. The monoisotopic (exact) mass is 524 g/mol. The summed E-state index contributed by atoms with van der Waals surface area (Å²) in [7, 11) is 0. The molecule has 1 unspecified atom stereocenters. The summed E-state index contributed by atoms with van der Waals surface area (Å²) >= 11 is 1.54. The summed E-state index contributed by atoms with van der Waals surface area (Å²) in [6.07, 6.45) is 10.7. The molecule has 1 spiro atoms. The van der Waals surface area contributed by atoms with Gasteiger partial charge in [0.1, 0.15) is 6.04 Å². The number of thioether (sulfide) groups is 1. The average Bonchev–Trinajstić information content (AvgIpc) is 3.20. The lowest BCUT2D eigenvalue weighted by molar-refractivity contribution is -0.155. The van der Waals surface area contributed by atoms with E-state index in [0.29, 0.717) is 13.2 Å². The first-order valence-corrected chi connectivity index (χ1v) is 14.1. The van der Waals surface area contributed by atoms with Crippen molar-refractivity contribution in [2.75, 3.05) is 19.8 Å². The fourth-order valence-corrected chi connectivity index (χ4v) is 8.72. The molecule has 4 heterocycles. The Morgan fingerprint density at radius 1 is 1.05 bits per heavy atom. The first-order valence-electron chi connectivity index (χ1n) is 13.3. The Morgan fingerprint density at radius 2 is 1.81 bits per heavy atom. The van der Waals surface area contributed by atoms with Crippen molar-refractivity contribution < 1.29 is 24.2 Å². The van der Waals surface area contributed by atoms with Gasteiger partial charge in [-0.1, -0.05) is 54.6 Å². The smallest absolute Gasteiger partial charge is 0.311 e. The number of rotatable bonds is 4. The number of aliphatic hydroxyl groups is 1. The van der Waals surface area contributed by atoms with Crippen LogP contribution in [0.2, 0.25) is 0 Å². The summed E-state index contributed by atoms with van der Waals surface area (Å²) in [5.74, 6) is -2.34. The summed E-state index contributed by atoms with van der Waals surface area (Å²) in [6, 6.07) is 7.70. The number of aliphatic hydroxyl groups excluding tert-OH is 1. The molecule has 7 nitrogen and oxygen atoms in total. The van der Waals surface area contributed by atoms with Gasteiger partial charge in [-0.15, -0.1) is 11.8 Å². The zero-order valence-corrected chi connectivity index (χ0v) is 22.5. The number of fused-ring (bicyclic) bond motifs is 2. The number of amides is 2. The molecule has 5 rings (SSSR count). The molecule has 1 N–H and O–H groups in total. The number of cyclic esters (lactones) is 1. The number of esters is 1. The molecule has 2 amide bonds. The highest BCUT2D eigenvalue weighted by Crippen LogP contribution is 2.66. The number of hydrogen-bond donors (Lipinski definition) is 1. The number of ether oxygens (including phenoxy) is 1. The van der Waals surface area contributed by atoms with Crippen LogP contribution >= 0.6 is 11.8 Å². The van der Waals surface area contributed by atoms with Gasteiger partial charge in [0.15, 0.2) is 0 Å². The molecule has 2 fully saturated rings. The lowest BCUT2D eigenvalue weighted by Gasteiger charge is -2.40. The van der Waals surface area contributed by atoms with Gasteiger partial charge in [0, 0.05) is 17.3 Å². The van der Waals surface area contributed by atoms with Crippen molar-refractivity contribution in [3.05, 3.63) is 60.2 Å². The Morgan fingerprint density at radius 3 is 2.51 bits per heavy atom. The summed E-state index contributed by atoms with van der Waals surface area (Å²) in [4.78, 5) is 45.8. The number of allylic oxidation sites excluding steroid dienone is 1. The fraction of sp³-hybridized carbons (Fsp3) is 0.552. The van der Waals surface area contributed by atoms with Crippen LogP contribution in [0.15, 0.2) is 54.6 Å². The van der Waals surface area contributed by atoms with E-state index in [9.17, 15) is 19.5 Å². The predicted molar refractivity (Wildman–Crippen MR) is 143 cm³/mol. The van der Waals surface area contributed by atoms with Gasteiger partial charge in [-0.3, -0.25) is 14.4 Å². The second-order valence-corrected chi connectivity index (χ2v) is 12.7. The van der Waals surface area contributed by atoms with Gasteiger partial charge in [-0.2, -0.15) is 0 Å². The van der Waals surface area contributed by atoms with Crippen LogP contribution in [0, 0.1) is 11.8 Å². The maximum Gasteiger partial charge on any atom is 0.311 e. The minimum absolute atomic E-state index is 0.0693. The maximum atomic E-state index is 14.5. The molecule has 0 aliphatic carbocycles. The van der Waals surface area contributed by atoms with Gasteiger partial charge < -0.3 is 19.6 Å². The highest BCUT2D eigenvalue weighted by Gasteiger charge is 2.74. The number of likely N-dealkylation sites (tertiary alicyclic amines) is 1. The second kappa shape index (κ2) is 9.95. The van der Waals surface area contributed by atoms with Crippen LogP contribution in [0.25, 0.3) is 0 Å². The van der Waals surface area contributed by atoms with E-state index >= 15 is 0 Å². The van der Waals surface area contributed by atoms with Crippen molar-refractivity contribution >= 4 is 29.5 Å². The Labute approximate surface area is 222 Å². The highest BCUT2D eigenvalue weighted by molar-refractivity contribution is 8.02. The lowest BCUT2D eigenvalue weighted by atomic mass is 9.74. The summed E-state index contributed by atoms with van der Waals surface area (Å²) < 4.78 is 4.06. The number of benzene rings is 1. The van der Waals surface area contributed by atoms with Crippen LogP contribution in [0.4, 0.5) is 0 Å². The molecule has 6 atom stereocenters. The van der Waals surface area contributed by atoms with Gasteiger partial charge in [0.05, 0.1) is 35.8 Å². The van der Waals surface area contributed by atoms with E-state index in [1.165, 1.54) is 11.8 Å². The summed E-state index contributed by atoms with van der Waals surface area (Å²) in [6.45, 7) is 6.35. The molecule has 4 aliphatic rings. The van der Waals surface area contributed by atoms with E-state index in [4.69, 9.17) is 4.74 Å². The summed E-state index contributed by atoms with van der Waals surface area (Å²) in [5, 5.41) is 10.6. The van der Waals surface area contributed by atoms with Gasteiger partial charge in [0.2, 0.25) is 11.8 Å². The molecule has 0 aromatic heterocycles. The van der Waals surface area contributed by atoms with Crippen LogP contribution in [0.5, 0.6) is 0 Å². The van der Waals surface area contributed by atoms with E-state index in [-0.39, 0.29) is 30.4 Å². The fourth-order valence-electron chi connectivity index (χ4n) is 6.58. The maximum absolute atomic E-state index is 14.5. The third-order valence-corrected chi connectivity index (χ3v) is 10.1. The predicted octanol–water partition coefficient (Wildman–Crippen LogP) is 3.50. The van der Waals surface area contributed by atoms with Crippen molar-refractivity contribution in [3.8, 4) is 0 Å². The van der Waals surface area contributed by atoms with Crippen molar-refractivity contribution in [2.45, 2.75) is 67.7 Å². The molecular formula is C29H36N2O5S.